The maximum atomic E-state index is 12.0. The van der Waals surface area contributed by atoms with E-state index >= 15 is 0 Å². The number of carbonyl (C=O) groups is 1. The summed E-state index contributed by atoms with van der Waals surface area (Å²) in [5, 5.41) is 10.7. The smallest absolute Gasteiger partial charge is 0.273 e. The van der Waals surface area contributed by atoms with Gasteiger partial charge < -0.3 is 4.74 Å². The molecule has 1 aromatic heterocycles. The van der Waals surface area contributed by atoms with Gasteiger partial charge in [-0.2, -0.15) is 0 Å². The minimum atomic E-state index is -0.485. The number of nitro benzene ring substituents is 1. The number of hydrogen-bond acceptors (Lipinski definition) is 5. The van der Waals surface area contributed by atoms with Crippen molar-refractivity contribution in [3.05, 3.63) is 55.8 Å². The van der Waals surface area contributed by atoms with E-state index in [1.165, 1.54) is 23.5 Å². The van der Waals surface area contributed by atoms with Crippen LogP contribution in [0.3, 0.4) is 0 Å². The summed E-state index contributed by atoms with van der Waals surface area (Å²) in [6, 6.07) is 8.08. The lowest BCUT2D eigenvalue weighted by atomic mass is 10.2. The molecule has 21 heavy (non-hydrogen) atoms. The Bertz CT molecular complexity index is 678. The second-order valence-electron chi connectivity index (χ2n) is 4.54. The van der Waals surface area contributed by atoms with Crippen LogP contribution in [0, 0.1) is 17.0 Å². The number of nitro groups is 1. The third-order valence-electron chi connectivity index (χ3n) is 3.03. The summed E-state index contributed by atoms with van der Waals surface area (Å²) >= 11 is 1.45. The van der Waals surface area contributed by atoms with Crippen LogP contribution in [0.1, 0.15) is 27.0 Å². The van der Waals surface area contributed by atoms with Crippen LogP contribution in [-0.2, 0) is 6.42 Å². The van der Waals surface area contributed by atoms with Gasteiger partial charge >= 0.3 is 0 Å². The first-order valence-electron chi connectivity index (χ1n) is 6.51. The Balaban J connectivity index is 2.07. The van der Waals surface area contributed by atoms with Gasteiger partial charge in [0.05, 0.1) is 15.9 Å². The molecule has 0 fully saturated rings. The molecule has 2 aromatic rings. The number of aryl methyl sites for hydroxylation is 2. The second-order valence-corrected chi connectivity index (χ2v) is 5.71. The molecule has 5 nitrogen and oxygen atoms in total. The summed E-state index contributed by atoms with van der Waals surface area (Å²) in [4.78, 5) is 24.1. The molecule has 0 saturated carbocycles. The number of ether oxygens (including phenoxy) is 1. The fourth-order valence-electron chi connectivity index (χ4n) is 1.79. The number of Topliss-reactive ketones (excluding diaryl/α,β-unsaturated/α-hetero) is 1. The molecule has 0 aliphatic carbocycles. The average Bonchev–Trinajstić information content (AvgIpc) is 2.94. The predicted octanol–water partition coefficient (Wildman–Crippen LogP) is 3.79. The SMILES string of the molecule is CCc1ccc(C(=O)COc2cc([N+](=O)[O-])ccc2C)s1. The van der Waals surface area contributed by atoms with Crippen LogP contribution in [-0.4, -0.2) is 17.3 Å². The number of ketones is 1. The summed E-state index contributed by atoms with van der Waals surface area (Å²) in [6.07, 6.45) is 0.892. The maximum Gasteiger partial charge on any atom is 0.273 e. The van der Waals surface area contributed by atoms with Gasteiger partial charge in [-0.3, -0.25) is 14.9 Å². The lowest BCUT2D eigenvalue weighted by Crippen LogP contribution is -2.10. The first-order chi connectivity index (χ1) is 10.0. The zero-order chi connectivity index (χ0) is 15.4. The van der Waals surface area contributed by atoms with Gasteiger partial charge in [0.25, 0.3) is 5.69 Å². The van der Waals surface area contributed by atoms with Gasteiger partial charge in [-0.05, 0) is 37.1 Å². The lowest BCUT2D eigenvalue weighted by molar-refractivity contribution is -0.384. The highest BCUT2D eigenvalue weighted by atomic mass is 32.1. The first kappa shape index (κ1) is 15.2. The zero-order valence-corrected chi connectivity index (χ0v) is 12.6. The van der Waals surface area contributed by atoms with Crippen LogP contribution in [0.15, 0.2) is 30.3 Å². The quantitative estimate of drug-likeness (QED) is 0.462. The van der Waals surface area contributed by atoms with Gasteiger partial charge in [0.2, 0.25) is 5.78 Å². The summed E-state index contributed by atoms with van der Waals surface area (Å²) in [5.74, 6) is 0.246. The molecular weight excluding hydrogens is 290 g/mol. The van der Waals surface area contributed by atoms with Crippen molar-refractivity contribution >= 4 is 22.8 Å². The molecule has 0 bridgehead atoms. The monoisotopic (exact) mass is 305 g/mol. The third-order valence-corrected chi connectivity index (χ3v) is 4.30. The predicted molar refractivity (Wildman–Crippen MR) is 81.4 cm³/mol. The fourth-order valence-corrected chi connectivity index (χ4v) is 2.66. The number of thiophene rings is 1. The van der Waals surface area contributed by atoms with Crippen LogP contribution in [0.25, 0.3) is 0 Å². The lowest BCUT2D eigenvalue weighted by Gasteiger charge is -2.07. The minimum absolute atomic E-state index is 0.0487. The van der Waals surface area contributed by atoms with Gasteiger partial charge in [-0.15, -0.1) is 11.3 Å². The van der Waals surface area contributed by atoms with Crippen LogP contribution >= 0.6 is 11.3 Å². The standard InChI is InChI=1S/C15H15NO4S/c1-3-12-6-7-15(21-12)13(17)9-20-14-8-11(16(18)19)5-4-10(14)2/h4-8H,3,9H2,1-2H3. The molecule has 0 atom stereocenters. The van der Waals surface area contributed by atoms with E-state index in [4.69, 9.17) is 4.74 Å². The highest BCUT2D eigenvalue weighted by Gasteiger charge is 2.13. The highest BCUT2D eigenvalue weighted by Crippen LogP contribution is 2.24. The van der Waals surface area contributed by atoms with Gasteiger partial charge in [-0.1, -0.05) is 6.92 Å². The van der Waals surface area contributed by atoms with Crippen molar-refractivity contribution in [3.63, 3.8) is 0 Å². The van der Waals surface area contributed by atoms with Crippen LogP contribution in [0.5, 0.6) is 5.75 Å². The Morgan fingerprint density at radius 1 is 1.33 bits per heavy atom. The second kappa shape index (κ2) is 6.49. The molecule has 0 aliphatic heterocycles. The van der Waals surface area contributed by atoms with Crippen molar-refractivity contribution in [2.75, 3.05) is 6.61 Å². The molecule has 0 saturated heterocycles. The van der Waals surface area contributed by atoms with E-state index in [9.17, 15) is 14.9 Å². The van der Waals surface area contributed by atoms with E-state index in [2.05, 4.69) is 0 Å². The van der Waals surface area contributed by atoms with Crippen LogP contribution in [0.2, 0.25) is 0 Å². The molecule has 0 spiro atoms. The molecule has 1 aromatic carbocycles. The number of non-ortho nitro benzene ring substituents is 1. The van der Waals surface area contributed by atoms with E-state index in [1.807, 2.05) is 13.0 Å². The third kappa shape index (κ3) is 3.66. The normalized spacial score (nSPS) is 10.4. The summed E-state index contributed by atoms with van der Waals surface area (Å²) in [5.41, 5.74) is 0.710. The number of rotatable bonds is 6. The van der Waals surface area contributed by atoms with Crippen molar-refractivity contribution in [2.45, 2.75) is 20.3 Å². The largest absolute Gasteiger partial charge is 0.485 e. The molecule has 0 amide bonds. The average molecular weight is 305 g/mol. The highest BCUT2D eigenvalue weighted by molar-refractivity contribution is 7.14. The van der Waals surface area contributed by atoms with E-state index in [0.29, 0.717) is 10.6 Å². The Kier molecular flexibility index (Phi) is 4.70. The molecular formula is C15H15NO4S. The Labute approximate surface area is 126 Å². The van der Waals surface area contributed by atoms with Crippen molar-refractivity contribution in [2.24, 2.45) is 0 Å². The van der Waals surface area contributed by atoms with Gasteiger partial charge in [-0.25, -0.2) is 0 Å². The Hall–Kier alpha value is -2.21. The molecule has 110 valence electrons. The molecule has 0 unspecified atom stereocenters. The summed E-state index contributed by atoms with van der Waals surface area (Å²) in [7, 11) is 0. The van der Waals surface area contributed by atoms with E-state index in [-0.39, 0.29) is 18.1 Å². The molecule has 0 radical (unpaired) electrons. The van der Waals surface area contributed by atoms with E-state index < -0.39 is 4.92 Å². The zero-order valence-electron chi connectivity index (χ0n) is 11.8. The van der Waals surface area contributed by atoms with Crippen LogP contribution < -0.4 is 4.74 Å². The first-order valence-corrected chi connectivity index (χ1v) is 7.32. The minimum Gasteiger partial charge on any atom is -0.485 e. The summed E-state index contributed by atoms with van der Waals surface area (Å²) in [6.45, 7) is 3.69. The number of carbonyl (C=O) groups excluding carboxylic acids is 1. The molecule has 6 heteroatoms. The van der Waals surface area contributed by atoms with E-state index in [0.717, 1.165) is 16.9 Å². The van der Waals surface area contributed by atoms with Crippen molar-refractivity contribution in [3.8, 4) is 5.75 Å². The maximum absolute atomic E-state index is 12.0. The number of nitrogens with zero attached hydrogens (tertiary/aromatic N) is 1. The topological polar surface area (TPSA) is 69.4 Å². The van der Waals surface area contributed by atoms with Gasteiger partial charge in [0, 0.05) is 10.9 Å². The molecule has 1 heterocycles. The molecule has 0 N–H and O–H groups in total. The Morgan fingerprint density at radius 3 is 2.71 bits per heavy atom. The number of benzene rings is 1. The van der Waals surface area contributed by atoms with Gasteiger partial charge in [0.1, 0.15) is 5.75 Å². The molecule has 2 rings (SSSR count). The van der Waals surface area contributed by atoms with E-state index in [1.54, 1.807) is 19.1 Å². The summed E-state index contributed by atoms with van der Waals surface area (Å²) < 4.78 is 5.44. The van der Waals surface area contributed by atoms with Crippen molar-refractivity contribution in [1.29, 1.82) is 0 Å². The molecule has 0 aliphatic rings. The van der Waals surface area contributed by atoms with Crippen LogP contribution in [0.4, 0.5) is 5.69 Å². The van der Waals surface area contributed by atoms with Crippen molar-refractivity contribution in [1.82, 2.24) is 0 Å². The Morgan fingerprint density at radius 2 is 2.10 bits per heavy atom. The van der Waals surface area contributed by atoms with Crippen molar-refractivity contribution < 1.29 is 14.5 Å². The van der Waals surface area contributed by atoms with Gasteiger partial charge in [0.15, 0.2) is 6.61 Å². The fraction of sp³-hybridized carbons (Fsp3) is 0.267. The number of hydrogen-bond donors (Lipinski definition) is 0.